The Morgan fingerprint density at radius 1 is 1.43 bits per heavy atom. The fourth-order valence-electron chi connectivity index (χ4n) is 2.33. The van der Waals surface area contributed by atoms with Crippen molar-refractivity contribution in [3.8, 4) is 5.75 Å². The van der Waals surface area contributed by atoms with E-state index in [-0.39, 0.29) is 16.9 Å². The second-order valence-electron chi connectivity index (χ2n) is 5.34. The van der Waals surface area contributed by atoms with Crippen LogP contribution in [0.2, 0.25) is 0 Å². The molecular formula is C14H18N2O6S. The van der Waals surface area contributed by atoms with Crippen molar-refractivity contribution in [3.63, 3.8) is 0 Å². The maximum Gasteiger partial charge on any atom is 0.318 e. The molecule has 1 aromatic rings. The van der Waals surface area contributed by atoms with Crippen LogP contribution in [0.5, 0.6) is 5.75 Å². The number of likely N-dealkylation sites (N-methyl/N-ethyl adjacent to an activating group) is 1. The van der Waals surface area contributed by atoms with Crippen molar-refractivity contribution >= 4 is 27.6 Å². The molecule has 0 saturated carbocycles. The Morgan fingerprint density at radius 2 is 2.09 bits per heavy atom. The zero-order valence-corrected chi connectivity index (χ0v) is 13.8. The number of carboxylic acid groups (broad SMARTS) is 1. The second kappa shape index (κ2) is 6.17. The summed E-state index contributed by atoms with van der Waals surface area (Å²) >= 11 is 0. The van der Waals surface area contributed by atoms with Crippen molar-refractivity contribution in [2.45, 2.75) is 24.8 Å². The van der Waals surface area contributed by atoms with Crippen LogP contribution >= 0.6 is 0 Å². The van der Waals surface area contributed by atoms with Gasteiger partial charge in [0.05, 0.1) is 17.1 Å². The van der Waals surface area contributed by atoms with Gasteiger partial charge >= 0.3 is 5.97 Å². The molecule has 0 bridgehead atoms. The number of nitrogens with zero attached hydrogens (tertiary/aromatic N) is 2. The highest BCUT2D eigenvalue weighted by atomic mass is 32.2. The lowest BCUT2D eigenvalue weighted by Crippen LogP contribution is -2.41. The monoisotopic (exact) mass is 342 g/mol. The first-order valence-electron chi connectivity index (χ1n) is 6.90. The van der Waals surface area contributed by atoms with Crippen LogP contribution < -0.4 is 9.64 Å². The average molecular weight is 342 g/mol. The van der Waals surface area contributed by atoms with Crippen molar-refractivity contribution in [2.24, 2.45) is 0 Å². The number of carbonyl (C=O) groups excluding carboxylic acids is 1. The molecule has 0 saturated heterocycles. The number of fused-ring (bicyclic) bond motifs is 1. The maximum absolute atomic E-state index is 12.4. The van der Waals surface area contributed by atoms with Crippen molar-refractivity contribution in [2.75, 3.05) is 25.0 Å². The minimum atomic E-state index is -3.97. The molecule has 1 unspecified atom stereocenters. The van der Waals surface area contributed by atoms with Gasteiger partial charge in [-0.25, -0.2) is 8.42 Å². The molecule has 23 heavy (non-hydrogen) atoms. The van der Waals surface area contributed by atoms with Gasteiger partial charge in [0.2, 0.25) is 15.9 Å². The Bertz CT molecular complexity index is 746. The third-order valence-corrected chi connectivity index (χ3v) is 5.23. The SMILES string of the molecule is CC(=O)N1CC(C)Oc2ccc(S(=O)(=O)N(C)CC(=O)O)cc21. The van der Waals surface area contributed by atoms with Crippen LogP contribution in [0.4, 0.5) is 5.69 Å². The summed E-state index contributed by atoms with van der Waals surface area (Å²) in [6.45, 7) is 2.86. The number of benzene rings is 1. The van der Waals surface area contributed by atoms with Crippen LogP contribution in [-0.2, 0) is 19.6 Å². The lowest BCUT2D eigenvalue weighted by atomic mass is 10.2. The fourth-order valence-corrected chi connectivity index (χ4v) is 3.47. The number of hydrogen-bond donors (Lipinski definition) is 1. The van der Waals surface area contributed by atoms with Gasteiger partial charge in [-0.2, -0.15) is 4.31 Å². The molecule has 9 heteroatoms. The molecule has 0 spiro atoms. The maximum atomic E-state index is 12.4. The first kappa shape index (κ1) is 17.2. The number of aliphatic carboxylic acids is 1. The van der Waals surface area contributed by atoms with Gasteiger partial charge < -0.3 is 14.7 Å². The number of carbonyl (C=O) groups is 2. The molecule has 0 radical (unpaired) electrons. The topological polar surface area (TPSA) is 104 Å². The van der Waals surface area contributed by atoms with Crippen molar-refractivity contribution in [1.82, 2.24) is 4.31 Å². The molecule has 1 heterocycles. The van der Waals surface area contributed by atoms with E-state index in [9.17, 15) is 18.0 Å². The summed E-state index contributed by atoms with van der Waals surface area (Å²) < 4.78 is 31.2. The summed E-state index contributed by atoms with van der Waals surface area (Å²) in [5.41, 5.74) is 0.361. The Hall–Kier alpha value is -2.13. The van der Waals surface area contributed by atoms with Gasteiger partial charge in [0.25, 0.3) is 0 Å². The van der Waals surface area contributed by atoms with E-state index >= 15 is 0 Å². The molecule has 1 amide bonds. The predicted molar refractivity (Wildman–Crippen MR) is 82.0 cm³/mol. The summed E-state index contributed by atoms with van der Waals surface area (Å²) in [4.78, 5) is 23.9. The number of carboxylic acids is 1. The summed E-state index contributed by atoms with van der Waals surface area (Å²) in [6, 6.07) is 4.14. The fraction of sp³-hybridized carbons (Fsp3) is 0.429. The smallest absolute Gasteiger partial charge is 0.318 e. The molecule has 0 aromatic heterocycles. The number of rotatable bonds is 4. The zero-order chi connectivity index (χ0) is 17.4. The Morgan fingerprint density at radius 3 is 2.65 bits per heavy atom. The number of sulfonamides is 1. The van der Waals surface area contributed by atoms with Crippen LogP contribution in [0.15, 0.2) is 23.1 Å². The third kappa shape index (κ3) is 3.45. The highest BCUT2D eigenvalue weighted by Gasteiger charge is 2.29. The van der Waals surface area contributed by atoms with Crippen LogP contribution in [-0.4, -0.2) is 55.9 Å². The molecule has 8 nitrogen and oxygen atoms in total. The standard InChI is InChI=1S/C14H18N2O6S/c1-9-7-16(10(2)17)12-6-11(4-5-13(12)22-9)23(20,21)15(3)8-14(18)19/h4-6,9H,7-8H2,1-3H3,(H,18,19). The molecule has 2 rings (SSSR count). The van der Waals surface area contributed by atoms with E-state index < -0.39 is 22.5 Å². The van der Waals surface area contributed by atoms with Crippen LogP contribution in [0, 0.1) is 0 Å². The minimum Gasteiger partial charge on any atom is -0.487 e. The van der Waals surface area contributed by atoms with Gasteiger partial charge in [-0.15, -0.1) is 0 Å². The number of hydrogen-bond acceptors (Lipinski definition) is 5. The molecule has 1 atom stereocenters. The molecule has 0 fully saturated rings. The summed E-state index contributed by atoms with van der Waals surface area (Å²) in [7, 11) is -2.79. The van der Waals surface area contributed by atoms with Gasteiger partial charge in [0, 0.05) is 14.0 Å². The van der Waals surface area contributed by atoms with E-state index in [0.29, 0.717) is 18.0 Å². The van der Waals surface area contributed by atoms with Crippen LogP contribution in [0.3, 0.4) is 0 Å². The van der Waals surface area contributed by atoms with Crippen molar-refractivity contribution in [3.05, 3.63) is 18.2 Å². The van der Waals surface area contributed by atoms with Gasteiger partial charge in [-0.05, 0) is 25.1 Å². The number of amides is 1. The summed E-state index contributed by atoms with van der Waals surface area (Å²) in [6.07, 6.45) is -0.205. The lowest BCUT2D eigenvalue weighted by Gasteiger charge is -2.33. The van der Waals surface area contributed by atoms with E-state index in [1.807, 2.05) is 6.92 Å². The van der Waals surface area contributed by atoms with Gasteiger partial charge in [0.15, 0.2) is 0 Å². The molecule has 1 aromatic carbocycles. The third-order valence-electron chi connectivity index (χ3n) is 3.44. The lowest BCUT2D eigenvalue weighted by molar-refractivity contribution is -0.137. The molecule has 1 N–H and O–H groups in total. The average Bonchev–Trinajstić information content (AvgIpc) is 2.44. The van der Waals surface area contributed by atoms with Gasteiger partial charge in [-0.1, -0.05) is 0 Å². The van der Waals surface area contributed by atoms with E-state index in [0.717, 1.165) is 4.31 Å². The largest absolute Gasteiger partial charge is 0.487 e. The first-order valence-corrected chi connectivity index (χ1v) is 8.34. The summed E-state index contributed by atoms with van der Waals surface area (Å²) in [5.74, 6) is -1.06. The molecule has 126 valence electrons. The van der Waals surface area contributed by atoms with E-state index in [2.05, 4.69) is 0 Å². The van der Waals surface area contributed by atoms with Crippen molar-refractivity contribution in [1.29, 1.82) is 0 Å². The molecular weight excluding hydrogens is 324 g/mol. The zero-order valence-electron chi connectivity index (χ0n) is 13.0. The predicted octanol–water partition coefficient (Wildman–Crippen LogP) is 0.526. The van der Waals surface area contributed by atoms with Gasteiger partial charge in [0.1, 0.15) is 18.4 Å². The number of ether oxygens (including phenoxy) is 1. The molecule has 1 aliphatic heterocycles. The highest BCUT2D eigenvalue weighted by molar-refractivity contribution is 7.89. The normalized spacial score (nSPS) is 17.6. The molecule has 0 aliphatic carbocycles. The van der Waals surface area contributed by atoms with E-state index in [1.54, 1.807) is 0 Å². The minimum absolute atomic E-state index is 0.0931. The van der Waals surface area contributed by atoms with Crippen molar-refractivity contribution < 1.29 is 27.9 Å². The number of anilines is 1. The van der Waals surface area contributed by atoms with E-state index in [4.69, 9.17) is 9.84 Å². The Labute approximate surface area is 134 Å². The van der Waals surface area contributed by atoms with Crippen LogP contribution in [0.1, 0.15) is 13.8 Å². The molecule has 1 aliphatic rings. The Kier molecular flexibility index (Phi) is 4.62. The van der Waals surface area contributed by atoms with Gasteiger partial charge in [-0.3, -0.25) is 9.59 Å². The second-order valence-corrected chi connectivity index (χ2v) is 7.39. The van der Waals surface area contributed by atoms with E-state index in [1.165, 1.54) is 37.1 Å². The summed E-state index contributed by atoms with van der Waals surface area (Å²) in [5, 5.41) is 8.75. The quantitative estimate of drug-likeness (QED) is 0.856. The Balaban J connectivity index is 2.46. The van der Waals surface area contributed by atoms with Crippen LogP contribution in [0.25, 0.3) is 0 Å². The highest BCUT2D eigenvalue weighted by Crippen LogP contribution is 2.36. The first-order chi connectivity index (χ1) is 10.6.